The third kappa shape index (κ3) is 3.50. The molecule has 0 atom stereocenters. The molecule has 4 heteroatoms. The van der Waals surface area contributed by atoms with Gasteiger partial charge in [0.1, 0.15) is 12.4 Å². The Morgan fingerprint density at radius 1 is 1.06 bits per heavy atom. The van der Waals surface area contributed by atoms with Gasteiger partial charge in [0.15, 0.2) is 0 Å². The van der Waals surface area contributed by atoms with Crippen molar-refractivity contribution in [3.63, 3.8) is 0 Å². The Kier molecular flexibility index (Phi) is 4.30. The highest BCUT2D eigenvalue weighted by molar-refractivity contribution is 9.10. The average molecular weight is 371 g/mol. The van der Waals surface area contributed by atoms with Crippen LogP contribution in [0.5, 0.6) is 5.75 Å². The minimum Gasteiger partial charge on any atom is -0.489 e. The highest BCUT2D eigenvalue weighted by atomic mass is 79.9. The quantitative estimate of drug-likeness (QED) is 0.796. The average Bonchev–Trinajstić information content (AvgIpc) is 2.26. The van der Waals surface area contributed by atoms with Gasteiger partial charge < -0.3 is 10.5 Å². The van der Waals surface area contributed by atoms with Crippen molar-refractivity contribution in [3.05, 3.63) is 56.5 Å². The Labute approximate surface area is 123 Å². The molecule has 0 aliphatic rings. The summed E-state index contributed by atoms with van der Waals surface area (Å²) < 4.78 is 7.81. The molecule has 0 radical (unpaired) electrons. The van der Waals surface area contributed by atoms with Gasteiger partial charge in [-0.2, -0.15) is 0 Å². The van der Waals surface area contributed by atoms with Crippen molar-refractivity contribution < 1.29 is 4.74 Å². The smallest absolute Gasteiger partial charge is 0.122 e. The van der Waals surface area contributed by atoms with Gasteiger partial charge >= 0.3 is 0 Å². The number of aryl methyl sites for hydroxylation is 1. The minimum atomic E-state index is 0.506. The van der Waals surface area contributed by atoms with Crippen molar-refractivity contribution in [3.8, 4) is 5.75 Å². The molecule has 0 aliphatic carbocycles. The van der Waals surface area contributed by atoms with Crippen LogP contribution >= 0.6 is 31.9 Å². The van der Waals surface area contributed by atoms with Crippen LogP contribution in [0, 0.1) is 6.92 Å². The number of nitrogen functional groups attached to an aromatic ring is 1. The number of ether oxygens (including phenoxy) is 1. The molecular weight excluding hydrogens is 358 g/mol. The van der Waals surface area contributed by atoms with Crippen LogP contribution in [0.1, 0.15) is 11.1 Å². The Morgan fingerprint density at radius 2 is 1.83 bits per heavy atom. The number of hydrogen-bond donors (Lipinski definition) is 1. The topological polar surface area (TPSA) is 35.2 Å². The van der Waals surface area contributed by atoms with E-state index in [9.17, 15) is 0 Å². The van der Waals surface area contributed by atoms with Crippen LogP contribution in [0.4, 0.5) is 5.69 Å². The first-order valence-electron chi connectivity index (χ1n) is 5.48. The van der Waals surface area contributed by atoms with E-state index in [2.05, 4.69) is 31.9 Å². The van der Waals surface area contributed by atoms with Crippen molar-refractivity contribution in [1.29, 1.82) is 0 Å². The molecule has 0 unspecified atom stereocenters. The second kappa shape index (κ2) is 5.76. The molecular formula is C14H13Br2NO. The van der Waals surface area contributed by atoms with E-state index < -0.39 is 0 Å². The SMILES string of the molecule is Cc1cc(Br)ccc1OCc1cc(N)cc(Br)c1. The molecule has 2 aromatic rings. The third-order valence-electron chi connectivity index (χ3n) is 2.51. The lowest BCUT2D eigenvalue weighted by Crippen LogP contribution is -1.98. The molecule has 2 N–H and O–H groups in total. The molecule has 0 aromatic heterocycles. The number of benzene rings is 2. The predicted octanol–water partition coefficient (Wildman–Crippen LogP) is 4.68. The summed E-state index contributed by atoms with van der Waals surface area (Å²) in [6.45, 7) is 2.53. The van der Waals surface area contributed by atoms with E-state index in [4.69, 9.17) is 10.5 Å². The van der Waals surface area contributed by atoms with Crippen LogP contribution in [0.25, 0.3) is 0 Å². The fraction of sp³-hybridized carbons (Fsp3) is 0.143. The first-order valence-corrected chi connectivity index (χ1v) is 7.07. The van der Waals surface area contributed by atoms with E-state index in [1.165, 1.54) is 0 Å². The summed E-state index contributed by atoms with van der Waals surface area (Å²) in [6, 6.07) is 11.8. The van der Waals surface area contributed by atoms with Crippen molar-refractivity contribution in [1.82, 2.24) is 0 Å². The van der Waals surface area contributed by atoms with E-state index >= 15 is 0 Å². The van der Waals surface area contributed by atoms with Crippen molar-refractivity contribution in [2.45, 2.75) is 13.5 Å². The van der Waals surface area contributed by atoms with E-state index in [0.29, 0.717) is 6.61 Å². The van der Waals surface area contributed by atoms with Gasteiger partial charge in [0.2, 0.25) is 0 Å². The molecule has 0 amide bonds. The van der Waals surface area contributed by atoms with Crippen molar-refractivity contribution >= 4 is 37.5 Å². The largest absolute Gasteiger partial charge is 0.489 e. The van der Waals surface area contributed by atoms with Crippen LogP contribution < -0.4 is 10.5 Å². The molecule has 18 heavy (non-hydrogen) atoms. The zero-order valence-corrected chi connectivity index (χ0v) is 13.1. The van der Waals surface area contributed by atoms with Gasteiger partial charge in [0.25, 0.3) is 0 Å². The van der Waals surface area contributed by atoms with Crippen LogP contribution in [0.2, 0.25) is 0 Å². The van der Waals surface area contributed by atoms with E-state index in [0.717, 1.165) is 31.5 Å². The summed E-state index contributed by atoms with van der Waals surface area (Å²) in [5, 5.41) is 0. The molecule has 0 heterocycles. The highest BCUT2D eigenvalue weighted by Gasteiger charge is 2.02. The van der Waals surface area contributed by atoms with Crippen LogP contribution in [0.15, 0.2) is 45.3 Å². The molecule has 0 fully saturated rings. The maximum Gasteiger partial charge on any atom is 0.122 e. The van der Waals surface area contributed by atoms with E-state index in [1.54, 1.807) is 0 Å². The van der Waals surface area contributed by atoms with Crippen LogP contribution in [0.3, 0.4) is 0 Å². The van der Waals surface area contributed by atoms with Gasteiger partial charge in [-0.3, -0.25) is 0 Å². The van der Waals surface area contributed by atoms with Gasteiger partial charge in [-0.05, 0) is 54.4 Å². The third-order valence-corrected chi connectivity index (χ3v) is 3.46. The summed E-state index contributed by atoms with van der Waals surface area (Å²) >= 11 is 6.85. The standard InChI is InChI=1S/C14H13Br2NO/c1-9-4-11(15)2-3-14(9)18-8-10-5-12(16)7-13(17)6-10/h2-7H,8,17H2,1H3. The fourth-order valence-electron chi connectivity index (χ4n) is 1.69. The molecule has 0 bridgehead atoms. The van der Waals surface area contributed by atoms with Gasteiger partial charge in [-0.25, -0.2) is 0 Å². The lowest BCUT2D eigenvalue weighted by molar-refractivity contribution is 0.304. The van der Waals surface area contributed by atoms with E-state index in [-0.39, 0.29) is 0 Å². The molecule has 94 valence electrons. The molecule has 0 saturated heterocycles. The summed E-state index contributed by atoms with van der Waals surface area (Å²) in [5.74, 6) is 0.886. The number of anilines is 1. The Morgan fingerprint density at radius 3 is 2.50 bits per heavy atom. The predicted molar refractivity (Wildman–Crippen MR) is 81.8 cm³/mol. The zero-order chi connectivity index (χ0) is 13.1. The summed E-state index contributed by atoms with van der Waals surface area (Å²) in [6.07, 6.45) is 0. The second-order valence-electron chi connectivity index (χ2n) is 4.09. The highest BCUT2D eigenvalue weighted by Crippen LogP contribution is 2.24. The Hall–Kier alpha value is -1.00. The number of rotatable bonds is 3. The first kappa shape index (κ1) is 13.4. The minimum absolute atomic E-state index is 0.506. The van der Waals surface area contributed by atoms with Gasteiger partial charge in [-0.15, -0.1) is 0 Å². The molecule has 2 rings (SSSR count). The Balaban J connectivity index is 2.11. The number of nitrogens with two attached hydrogens (primary N) is 1. The summed E-state index contributed by atoms with van der Waals surface area (Å²) in [4.78, 5) is 0. The first-order chi connectivity index (χ1) is 8.54. The monoisotopic (exact) mass is 369 g/mol. The maximum absolute atomic E-state index is 5.79. The Bertz CT molecular complexity index is 549. The fourth-order valence-corrected chi connectivity index (χ4v) is 2.73. The normalized spacial score (nSPS) is 10.4. The molecule has 0 spiro atoms. The van der Waals surface area contributed by atoms with Gasteiger partial charge in [-0.1, -0.05) is 31.9 Å². The van der Waals surface area contributed by atoms with Crippen molar-refractivity contribution in [2.24, 2.45) is 0 Å². The lowest BCUT2D eigenvalue weighted by atomic mass is 10.2. The lowest BCUT2D eigenvalue weighted by Gasteiger charge is -2.10. The van der Waals surface area contributed by atoms with Gasteiger partial charge in [0, 0.05) is 14.6 Å². The number of hydrogen-bond acceptors (Lipinski definition) is 2. The number of halogens is 2. The van der Waals surface area contributed by atoms with Crippen molar-refractivity contribution in [2.75, 3.05) is 5.73 Å². The van der Waals surface area contributed by atoms with Crippen LogP contribution in [-0.4, -0.2) is 0 Å². The summed E-state index contributed by atoms with van der Waals surface area (Å²) in [7, 11) is 0. The molecule has 0 aliphatic heterocycles. The maximum atomic E-state index is 5.79. The van der Waals surface area contributed by atoms with Crippen LogP contribution in [-0.2, 0) is 6.61 Å². The zero-order valence-electron chi connectivity index (χ0n) is 9.91. The molecule has 0 saturated carbocycles. The second-order valence-corrected chi connectivity index (χ2v) is 5.92. The van der Waals surface area contributed by atoms with E-state index in [1.807, 2.05) is 43.3 Å². The van der Waals surface area contributed by atoms with Gasteiger partial charge in [0.05, 0.1) is 0 Å². The summed E-state index contributed by atoms with van der Waals surface area (Å²) in [5.41, 5.74) is 8.67. The molecule has 2 nitrogen and oxygen atoms in total. The molecule has 2 aromatic carbocycles.